The van der Waals surface area contributed by atoms with Crippen LogP contribution >= 0.6 is 11.3 Å². The zero-order chi connectivity index (χ0) is 17.9. The molecule has 0 amide bonds. The number of rotatable bonds is 4. The minimum absolute atomic E-state index is 0.131. The predicted molar refractivity (Wildman–Crippen MR) is 105 cm³/mol. The fourth-order valence-corrected chi connectivity index (χ4v) is 3.37. The van der Waals surface area contributed by atoms with E-state index in [4.69, 9.17) is 0 Å². The Hall–Kier alpha value is -3.31. The molecule has 0 aliphatic rings. The first-order chi connectivity index (χ1) is 12.7. The molecule has 26 heavy (non-hydrogen) atoms. The number of carbonyl (C=O) groups excluding carboxylic acids is 1. The molecule has 4 nitrogen and oxygen atoms in total. The molecule has 126 valence electrons. The summed E-state index contributed by atoms with van der Waals surface area (Å²) in [5.41, 5.74) is 1.83. The van der Waals surface area contributed by atoms with E-state index in [1.54, 1.807) is 36.4 Å². The van der Waals surface area contributed by atoms with Crippen molar-refractivity contribution in [1.82, 2.24) is 9.97 Å². The Labute approximate surface area is 153 Å². The van der Waals surface area contributed by atoms with Crippen LogP contribution in [0.5, 0.6) is 0 Å². The monoisotopic (exact) mass is 358 g/mol. The van der Waals surface area contributed by atoms with E-state index in [0.717, 1.165) is 4.88 Å². The fourth-order valence-electron chi connectivity index (χ4n) is 2.71. The molecule has 2 aromatic carbocycles. The van der Waals surface area contributed by atoms with Crippen molar-refractivity contribution in [2.75, 3.05) is 0 Å². The molecule has 0 fully saturated rings. The summed E-state index contributed by atoms with van der Waals surface area (Å²) < 4.78 is 0. The highest BCUT2D eigenvalue weighted by Crippen LogP contribution is 2.23. The highest BCUT2D eigenvalue weighted by Gasteiger charge is 2.19. The van der Waals surface area contributed by atoms with Crippen molar-refractivity contribution in [2.24, 2.45) is 0 Å². The maximum Gasteiger partial charge on any atom is 0.275 e. The van der Waals surface area contributed by atoms with E-state index in [1.165, 1.54) is 11.3 Å². The van der Waals surface area contributed by atoms with Crippen LogP contribution in [-0.2, 0) is 0 Å². The van der Waals surface area contributed by atoms with Crippen molar-refractivity contribution >= 4 is 39.8 Å². The van der Waals surface area contributed by atoms with E-state index in [9.17, 15) is 9.59 Å². The van der Waals surface area contributed by atoms with Crippen molar-refractivity contribution in [3.8, 4) is 0 Å². The van der Waals surface area contributed by atoms with E-state index < -0.39 is 0 Å². The Morgan fingerprint density at radius 2 is 1.73 bits per heavy atom. The van der Waals surface area contributed by atoms with Crippen molar-refractivity contribution in [3.63, 3.8) is 0 Å². The lowest BCUT2D eigenvalue weighted by atomic mass is 10.00. The lowest BCUT2D eigenvalue weighted by Crippen LogP contribution is -2.18. The van der Waals surface area contributed by atoms with E-state index in [2.05, 4.69) is 9.97 Å². The number of Topliss-reactive ketones (excluding diaryl/α,β-unsaturated/α-hetero) is 1. The van der Waals surface area contributed by atoms with Crippen LogP contribution in [0.25, 0.3) is 22.7 Å². The van der Waals surface area contributed by atoms with Crippen LogP contribution in [0, 0.1) is 0 Å². The first kappa shape index (κ1) is 16.2. The van der Waals surface area contributed by atoms with Crippen LogP contribution in [0.1, 0.15) is 20.9 Å². The van der Waals surface area contributed by atoms with Gasteiger partial charge in [-0.15, -0.1) is 11.3 Å². The molecule has 4 aromatic rings. The zero-order valence-electron chi connectivity index (χ0n) is 13.7. The number of thiophene rings is 1. The molecule has 2 heterocycles. The topological polar surface area (TPSA) is 62.8 Å². The van der Waals surface area contributed by atoms with Gasteiger partial charge in [-0.05, 0) is 29.7 Å². The smallest absolute Gasteiger partial charge is 0.275 e. The van der Waals surface area contributed by atoms with Gasteiger partial charge in [-0.2, -0.15) is 0 Å². The summed E-state index contributed by atoms with van der Waals surface area (Å²) in [6.45, 7) is 0. The largest absolute Gasteiger partial charge is 0.319 e. The number of ketones is 1. The fraction of sp³-hybridized carbons (Fsp3) is 0. The summed E-state index contributed by atoms with van der Waals surface area (Å²) >= 11 is 1.50. The molecule has 0 saturated carbocycles. The second-order valence-corrected chi connectivity index (χ2v) is 6.68. The number of nitrogens with one attached hydrogen (secondary N) is 1. The average molecular weight is 358 g/mol. The number of hydrogen-bond acceptors (Lipinski definition) is 4. The van der Waals surface area contributed by atoms with Gasteiger partial charge in [0.25, 0.3) is 5.56 Å². The molecule has 5 heteroatoms. The maximum atomic E-state index is 13.1. The van der Waals surface area contributed by atoms with Crippen LogP contribution in [0.4, 0.5) is 0 Å². The van der Waals surface area contributed by atoms with E-state index in [-0.39, 0.29) is 22.6 Å². The SMILES string of the molecule is O=C(/C(=C/c1cccs1)c1nc2ccccc2[nH]c1=O)c1ccccc1. The summed E-state index contributed by atoms with van der Waals surface area (Å²) in [7, 11) is 0. The summed E-state index contributed by atoms with van der Waals surface area (Å²) in [6, 6.07) is 20.0. The van der Waals surface area contributed by atoms with Crippen LogP contribution < -0.4 is 5.56 Å². The number of H-pyrrole nitrogens is 1. The molecule has 0 radical (unpaired) electrons. The Bertz CT molecular complexity index is 1160. The normalized spacial score (nSPS) is 11.6. The number of hydrogen-bond donors (Lipinski definition) is 1. The molecule has 0 spiro atoms. The number of carbonyl (C=O) groups is 1. The van der Waals surface area contributed by atoms with Crippen molar-refractivity contribution in [3.05, 3.63) is 98.6 Å². The predicted octanol–water partition coefficient (Wildman–Crippen LogP) is 4.41. The molecule has 0 aliphatic heterocycles. The van der Waals surface area contributed by atoms with Crippen LogP contribution in [0.15, 0.2) is 76.9 Å². The van der Waals surface area contributed by atoms with Crippen molar-refractivity contribution in [2.45, 2.75) is 0 Å². The maximum absolute atomic E-state index is 13.1. The zero-order valence-corrected chi connectivity index (χ0v) is 14.5. The van der Waals surface area contributed by atoms with Gasteiger partial charge in [-0.25, -0.2) is 4.98 Å². The Morgan fingerprint density at radius 3 is 2.50 bits per heavy atom. The molecule has 4 rings (SSSR count). The molecule has 2 aromatic heterocycles. The quantitative estimate of drug-likeness (QED) is 0.434. The Kier molecular flexibility index (Phi) is 4.29. The van der Waals surface area contributed by atoms with Gasteiger partial charge in [0, 0.05) is 10.4 Å². The molecule has 0 unspecified atom stereocenters. The molecule has 1 N–H and O–H groups in total. The summed E-state index contributed by atoms with van der Waals surface area (Å²) in [5.74, 6) is -0.229. The van der Waals surface area contributed by atoms with E-state index in [0.29, 0.717) is 16.6 Å². The number of aromatic amines is 1. The molecule has 0 saturated heterocycles. The number of fused-ring (bicyclic) bond motifs is 1. The minimum atomic E-state index is -0.379. The van der Waals surface area contributed by atoms with Gasteiger partial charge in [-0.1, -0.05) is 48.5 Å². The number of benzene rings is 2. The van der Waals surface area contributed by atoms with Crippen molar-refractivity contribution in [1.29, 1.82) is 0 Å². The first-order valence-corrected chi connectivity index (χ1v) is 8.95. The van der Waals surface area contributed by atoms with Gasteiger partial charge in [0.1, 0.15) is 5.69 Å². The lowest BCUT2D eigenvalue weighted by Gasteiger charge is -2.07. The number of allylic oxidation sites excluding steroid dienone is 1. The summed E-state index contributed by atoms with van der Waals surface area (Å²) in [6.07, 6.45) is 1.73. The average Bonchev–Trinajstić information content (AvgIpc) is 3.19. The molecule has 0 atom stereocenters. The molecular formula is C21H14N2O2S. The van der Waals surface area contributed by atoms with Gasteiger partial charge < -0.3 is 4.98 Å². The van der Waals surface area contributed by atoms with Crippen molar-refractivity contribution < 1.29 is 4.79 Å². The van der Waals surface area contributed by atoms with Gasteiger partial charge in [0.2, 0.25) is 0 Å². The second kappa shape index (κ2) is 6.90. The lowest BCUT2D eigenvalue weighted by molar-refractivity contribution is 0.105. The Morgan fingerprint density at radius 1 is 0.962 bits per heavy atom. The standard InChI is InChI=1S/C21H14N2O2S/c24-20(14-7-2-1-3-8-14)16(13-15-9-6-12-26-15)19-21(25)23-18-11-5-4-10-17(18)22-19/h1-13H,(H,23,25)/b16-13+. The molecule has 0 bridgehead atoms. The third kappa shape index (κ3) is 3.12. The van der Waals surface area contributed by atoms with E-state index >= 15 is 0 Å². The van der Waals surface area contributed by atoms with Crippen LogP contribution in [-0.4, -0.2) is 15.8 Å². The minimum Gasteiger partial charge on any atom is -0.319 e. The number of para-hydroxylation sites is 2. The number of nitrogens with zero attached hydrogens (tertiary/aromatic N) is 1. The highest BCUT2D eigenvalue weighted by molar-refractivity contribution is 7.11. The third-order valence-electron chi connectivity index (χ3n) is 3.97. The Balaban J connectivity index is 1.93. The molecular weight excluding hydrogens is 344 g/mol. The summed E-state index contributed by atoms with van der Waals surface area (Å²) in [4.78, 5) is 33.9. The van der Waals surface area contributed by atoms with Gasteiger partial charge in [0.15, 0.2) is 5.78 Å². The summed E-state index contributed by atoms with van der Waals surface area (Å²) in [5, 5.41) is 1.93. The van der Waals surface area contributed by atoms with E-state index in [1.807, 2.05) is 41.8 Å². The second-order valence-electron chi connectivity index (χ2n) is 5.70. The van der Waals surface area contributed by atoms with Gasteiger partial charge >= 0.3 is 0 Å². The highest BCUT2D eigenvalue weighted by atomic mass is 32.1. The van der Waals surface area contributed by atoms with Crippen LogP contribution in [0.2, 0.25) is 0 Å². The molecule has 0 aliphatic carbocycles. The third-order valence-corrected chi connectivity index (χ3v) is 4.78. The number of aromatic nitrogens is 2. The van der Waals surface area contributed by atoms with Gasteiger partial charge in [0.05, 0.1) is 16.6 Å². The van der Waals surface area contributed by atoms with Crippen LogP contribution in [0.3, 0.4) is 0 Å². The first-order valence-electron chi connectivity index (χ1n) is 8.07. The van der Waals surface area contributed by atoms with Gasteiger partial charge in [-0.3, -0.25) is 9.59 Å².